The highest BCUT2D eigenvalue weighted by Crippen LogP contribution is 2.23. The van der Waals surface area contributed by atoms with Crippen LogP contribution >= 0.6 is 11.8 Å². The zero-order chi connectivity index (χ0) is 23.0. The number of aromatic nitrogens is 1. The molecule has 6 heteroatoms. The Morgan fingerprint density at radius 2 is 1.73 bits per heavy atom. The number of hydrogen-bond acceptors (Lipinski definition) is 5. The summed E-state index contributed by atoms with van der Waals surface area (Å²) in [4.78, 5) is 18.3. The Balaban J connectivity index is 1.32. The quantitative estimate of drug-likeness (QED) is 0.315. The van der Waals surface area contributed by atoms with Gasteiger partial charge in [0.25, 0.3) is 5.91 Å². The number of hydrogen-bond donors (Lipinski definition) is 1. The first-order valence-corrected chi connectivity index (χ1v) is 12.0. The number of rotatable bonds is 9. The molecule has 0 bridgehead atoms. The van der Waals surface area contributed by atoms with Gasteiger partial charge in [0.05, 0.1) is 0 Å². The summed E-state index contributed by atoms with van der Waals surface area (Å²) in [5.41, 5.74) is 3.37. The average Bonchev–Trinajstić information content (AvgIpc) is 3.24. The Kier molecular flexibility index (Phi) is 7.47. The van der Waals surface area contributed by atoms with Gasteiger partial charge in [0.15, 0.2) is 0 Å². The van der Waals surface area contributed by atoms with Crippen LogP contribution in [0.5, 0.6) is 5.75 Å². The standard InChI is InChI=1S/C27H26N2O3S/c1-19-25(18-31-23-6-4-3-5-7-23)29-27(32-19)22-12-10-21(11-13-22)26(30)28-17-16-20-8-14-24(33-2)15-9-20/h3-15H,16-18H2,1-2H3,(H,28,30). The molecule has 1 aromatic heterocycles. The Morgan fingerprint density at radius 3 is 2.42 bits per heavy atom. The van der Waals surface area contributed by atoms with Gasteiger partial charge < -0.3 is 14.5 Å². The van der Waals surface area contributed by atoms with E-state index in [2.05, 4.69) is 40.8 Å². The molecule has 1 amide bonds. The molecule has 0 spiro atoms. The van der Waals surface area contributed by atoms with E-state index in [0.717, 1.165) is 23.4 Å². The number of thioether (sulfide) groups is 1. The Labute approximate surface area is 198 Å². The van der Waals surface area contributed by atoms with Gasteiger partial charge in [0.2, 0.25) is 5.89 Å². The number of oxazole rings is 1. The highest BCUT2D eigenvalue weighted by atomic mass is 32.2. The van der Waals surface area contributed by atoms with Gasteiger partial charge in [-0.3, -0.25) is 4.79 Å². The molecule has 168 valence electrons. The lowest BCUT2D eigenvalue weighted by Crippen LogP contribution is -2.25. The summed E-state index contributed by atoms with van der Waals surface area (Å²) in [5, 5.41) is 2.98. The van der Waals surface area contributed by atoms with Gasteiger partial charge in [-0.05, 0) is 73.7 Å². The summed E-state index contributed by atoms with van der Waals surface area (Å²) in [5.74, 6) is 1.92. The van der Waals surface area contributed by atoms with Crippen molar-refractivity contribution in [3.05, 3.63) is 101 Å². The van der Waals surface area contributed by atoms with Crippen molar-refractivity contribution in [2.45, 2.75) is 24.8 Å². The summed E-state index contributed by atoms with van der Waals surface area (Å²) in [6.45, 7) is 2.79. The highest BCUT2D eigenvalue weighted by Gasteiger charge is 2.13. The van der Waals surface area contributed by atoms with Crippen LogP contribution < -0.4 is 10.1 Å². The normalized spacial score (nSPS) is 10.7. The fourth-order valence-electron chi connectivity index (χ4n) is 3.33. The van der Waals surface area contributed by atoms with Crippen LogP contribution in [0.4, 0.5) is 0 Å². The lowest BCUT2D eigenvalue weighted by molar-refractivity contribution is 0.0954. The Hall–Kier alpha value is -3.51. The summed E-state index contributed by atoms with van der Waals surface area (Å²) < 4.78 is 11.6. The van der Waals surface area contributed by atoms with Crippen molar-refractivity contribution in [2.75, 3.05) is 12.8 Å². The van der Waals surface area contributed by atoms with Crippen molar-refractivity contribution in [1.82, 2.24) is 10.3 Å². The van der Waals surface area contributed by atoms with Crippen molar-refractivity contribution >= 4 is 17.7 Å². The van der Waals surface area contributed by atoms with E-state index in [1.807, 2.05) is 49.4 Å². The summed E-state index contributed by atoms with van der Waals surface area (Å²) in [7, 11) is 0. The van der Waals surface area contributed by atoms with Gasteiger partial charge in [-0.1, -0.05) is 30.3 Å². The molecule has 4 aromatic rings. The first kappa shape index (κ1) is 22.7. The number of nitrogens with one attached hydrogen (secondary N) is 1. The molecule has 1 N–H and O–H groups in total. The average molecular weight is 459 g/mol. The molecule has 0 radical (unpaired) electrons. The third-order valence-corrected chi connectivity index (χ3v) is 6.01. The van der Waals surface area contributed by atoms with Crippen LogP contribution in [0.2, 0.25) is 0 Å². The number of carbonyl (C=O) groups is 1. The summed E-state index contributed by atoms with van der Waals surface area (Å²) >= 11 is 1.72. The first-order chi connectivity index (χ1) is 16.1. The molecule has 0 aliphatic carbocycles. The van der Waals surface area contributed by atoms with Gasteiger partial charge in [0, 0.05) is 22.6 Å². The molecule has 0 saturated carbocycles. The van der Waals surface area contributed by atoms with E-state index >= 15 is 0 Å². The molecule has 0 atom stereocenters. The van der Waals surface area contributed by atoms with Crippen molar-refractivity contribution in [3.8, 4) is 17.2 Å². The second-order valence-electron chi connectivity index (χ2n) is 7.55. The molecule has 0 aliphatic heterocycles. The van der Waals surface area contributed by atoms with Crippen molar-refractivity contribution in [2.24, 2.45) is 0 Å². The molecule has 0 fully saturated rings. The fraction of sp³-hybridized carbons (Fsp3) is 0.185. The van der Waals surface area contributed by atoms with Crippen LogP contribution in [0.1, 0.15) is 27.4 Å². The lowest BCUT2D eigenvalue weighted by Gasteiger charge is -2.06. The Bertz CT molecular complexity index is 1190. The fourth-order valence-corrected chi connectivity index (χ4v) is 3.74. The van der Waals surface area contributed by atoms with Crippen LogP contribution in [0, 0.1) is 6.92 Å². The number of amides is 1. The number of benzene rings is 3. The van der Waals surface area contributed by atoms with E-state index < -0.39 is 0 Å². The molecular formula is C27H26N2O3S. The molecule has 0 saturated heterocycles. The van der Waals surface area contributed by atoms with E-state index in [1.54, 1.807) is 23.9 Å². The molecular weight excluding hydrogens is 432 g/mol. The van der Waals surface area contributed by atoms with Gasteiger partial charge in [0.1, 0.15) is 23.8 Å². The third kappa shape index (κ3) is 6.05. The maximum absolute atomic E-state index is 12.5. The molecule has 33 heavy (non-hydrogen) atoms. The predicted molar refractivity (Wildman–Crippen MR) is 132 cm³/mol. The topological polar surface area (TPSA) is 64.4 Å². The predicted octanol–water partition coefficient (Wildman–Crippen LogP) is 5.92. The number of ether oxygens (including phenoxy) is 1. The van der Waals surface area contributed by atoms with Crippen LogP contribution in [0.3, 0.4) is 0 Å². The zero-order valence-corrected chi connectivity index (χ0v) is 19.5. The largest absolute Gasteiger partial charge is 0.487 e. The summed E-state index contributed by atoms with van der Waals surface area (Å²) in [6, 6.07) is 25.3. The number of aryl methyl sites for hydroxylation is 1. The molecule has 0 unspecified atom stereocenters. The van der Waals surface area contributed by atoms with Gasteiger partial charge in [-0.2, -0.15) is 0 Å². The van der Waals surface area contributed by atoms with E-state index in [-0.39, 0.29) is 5.91 Å². The molecule has 5 nitrogen and oxygen atoms in total. The van der Waals surface area contributed by atoms with Crippen molar-refractivity contribution in [1.29, 1.82) is 0 Å². The first-order valence-electron chi connectivity index (χ1n) is 10.8. The van der Waals surface area contributed by atoms with E-state index in [1.165, 1.54) is 10.5 Å². The maximum Gasteiger partial charge on any atom is 0.251 e. The van der Waals surface area contributed by atoms with E-state index in [0.29, 0.717) is 30.4 Å². The molecule has 3 aromatic carbocycles. The highest BCUT2D eigenvalue weighted by molar-refractivity contribution is 7.98. The van der Waals surface area contributed by atoms with E-state index in [4.69, 9.17) is 9.15 Å². The summed E-state index contributed by atoms with van der Waals surface area (Å²) in [6.07, 6.45) is 2.85. The van der Waals surface area contributed by atoms with Gasteiger partial charge >= 0.3 is 0 Å². The van der Waals surface area contributed by atoms with Crippen LogP contribution in [-0.2, 0) is 13.0 Å². The number of carbonyl (C=O) groups excluding carboxylic acids is 1. The SMILES string of the molecule is CSc1ccc(CCNC(=O)c2ccc(-c3nc(COc4ccccc4)c(C)o3)cc2)cc1. The molecule has 1 heterocycles. The second-order valence-corrected chi connectivity index (χ2v) is 8.43. The third-order valence-electron chi connectivity index (χ3n) is 5.26. The van der Waals surface area contributed by atoms with Crippen molar-refractivity contribution < 1.29 is 13.9 Å². The van der Waals surface area contributed by atoms with Crippen LogP contribution in [0.15, 0.2) is 88.2 Å². The second kappa shape index (κ2) is 10.9. The smallest absolute Gasteiger partial charge is 0.251 e. The zero-order valence-electron chi connectivity index (χ0n) is 18.7. The van der Waals surface area contributed by atoms with Crippen molar-refractivity contribution in [3.63, 3.8) is 0 Å². The minimum absolute atomic E-state index is 0.0946. The van der Waals surface area contributed by atoms with Gasteiger partial charge in [-0.15, -0.1) is 11.8 Å². The van der Waals surface area contributed by atoms with Gasteiger partial charge in [-0.25, -0.2) is 4.98 Å². The molecule has 0 aliphatic rings. The maximum atomic E-state index is 12.5. The minimum atomic E-state index is -0.0946. The van der Waals surface area contributed by atoms with Crippen LogP contribution in [-0.4, -0.2) is 23.7 Å². The minimum Gasteiger partial charge on any atom is -0.487 e. The Morgan fingerprint density at radius 1 is 1.00 bits per heavy atom. The lowest BCUT2D eigenvalue weighted by atomic mass is 10.1. The monoisotopic (exact) mass is 458 g/mol. The van der Waals surface area contributed by atoms with E-state index in [9.17, 15) is 4.79 Å². The number of para-hydroxylation sites is 1. The number of nitrogens with zero attached hydrogens (tertiary/aromatic N) is 1. The molecule has 4 rings (SSSR count). The van der Waals surface area contributed by atoms with Crippen LogP contribution in [0.25, 0.3) is 11.5 Å².